The maximum absolute atomic E-state index is 9.83. The van der Waals surface area contributed by atoms with Gasteiger partial charge in [-0.2, -0.15) is 0 Å². The Morgan fingerprint density at radius 3 is 2.42 bits per heavy atom. The lowest BCUT2D eigenvalue weighted by Gasteiger charge is -2.31. The number of ether oxygens (including phenoxy) is 1. The minimum atomic E-state index is -1.08. The van der Waals surface area contributed by atoms with Crippen molar-refractivity contribution >= 4 is 5.97 Å². The van der Waals surface area contributed by atoms with Crippen LogP contribution >= 0.6 is 0 Å². The molecule has 1 aliphatic heterocycles. The smallest absolute Gasteiger partial charge is 0.126 e. The Morgan fingerprint density at radius 2 is 1.95 bits per heavy atom. The molecule has 1 fully saturated rings. The third kappa shape index (κ3) is 10.9. The molecule has 0 aliphatic carbocycles. The van der Waals surface area contributed by atoms with Crippen LogP contribution in [0.2, 0.25) is 0 Å². The number of hydrogen-bond acceptors (Lipinski definition) is 4. The highest BCUT2D eigenvalue weighted by atomic mass is 16.5. The summed E-state index contributed by atoms with van der Waals surface area (Å²) >= 11 is 0. The number of nitrogens with zero attached hydrogens (tertiary/aromatic N) is 1. The standard InChI is InChI=1S/C12H26NO2.C2H4O2/c1-3-4-9-15-11-12(14)10-13(2)7-5-6-8-13;1-2(3)4/h12,14H,3-11H2,1-2H3;1H3,(H,3,4)/q+1;/p-1. The van der Waals surface area contributed by atoms with E-state index in [1.165, 1.54) is 25.9 Å². The first-order chi connectivity index (χ1) is 8.89. The SMILES string of the molecule is CC(=O)[O-].CCCCOCC(O)C[N+]1(C)CCCC1. The lowest BCUT2D eigenvalue weighted by atomic mass is 10.3. The van der Waals surface area contributed by atoms with Crippen LogP contribution in [0.25, 0.3) is 0 Å². The predicted molar refractivity (Wildman–Crippen MR) is 72.4 cm³/mol. The van der Waals surface area contributed by atoms with Crippen LogP contribution in [0.3, 0.4) is 0 Å². The van der Waals surface area contributed by atoms with Crippen LogP contribution in [0.15, 0.2) is 0 Å². The van der Waals surface area contributed by atoms with Crippen LogP contribution in [-0.2, 0) is 9.53 Å². The van der Waals surface area contributed by atoms with Gasteiger partial charge in [-0.25, -0.2) is 0 Å². The molecular weight excluding hydrogens is 246 g/mol. The van der Waals surface area contributed by atoms with Gasteiger partial charge < -0.3 is 24.2 Å². The van der Waals surface area contributed by atoms with Gasteiger partial charge in [0.15, 0.2) is 0 Å². The zero-order valence-corrected chi connectivity index (χ0v) is 12.6. The van der Waals surface area contributed by atoms with E-state index in [2.05, 4.69) is 14.0 Å². The highest BCUT2D eigenvalue weighted by Gasteiger charge is 2.29. The van der Waals surface area contributed by atoms with Gasteiger partial charge in [0.1, 0.15) is 12.6 Å². The summed E-state index contributed by atoms with van der Waals surface area (Å²) in [5, 5.41) is 18.7. The number of hydrogen-bond donors (Lipinski definition) is 1. The van der Waals surface area contributed by atoms with Crippen LogP contribution in [0.4, 0.5) is 0 Å². The predicted octanol–water partition coefficient (Wildman–Crippen LogP) is 0.161. The Balaban J connectivity index is 0.000000711. The number of likely N-dealkylation sites (N-methyl/N-ethyl adjacent to an activating group) is 1. The van der Waals surface area contributed by atoms with Crippen molar-refractivity contribution in [3.8, 4) is 0 Å². The van der Waals surface area contributed by atoms with E-state index in [0.717, 1.165) is 37.4 Å². The zero-order valence-electron chi connectivity index (χ0n) is 12.6. The molecule has 5 nitrogen and oxygen atoms in total. The fraction of sp³-hybridized carbons (Fsp3) is 0.929. The van der Waals surface area contributed by atoms with E-state index >= 15 is 0 Å². The molecule has 0 aromatic heterocycles. The van der Waals surface area contributed by atoms with Crippen molar-refractivity contribution in [3.05, 3.63) is 0 Å². The average molecular weight is 275 g/mol. The van der Waals surface area contributed by atoms with E-state index in [4.69, 9.17) is 14.6 Å². The number of carbonyl (C=O) groups excluding carboxylic acids is 1. The molecule has 114 valence electrons. The van der Waals surface area contributed by atoms with Gasteiger partial charge in [-0.05, 0) is 13.3 Å². The molecule has 1 rings (SSSR count). The van der Waals surface area contributed by atoms with Crippen LogP contribution in [0.1, 0.15) is 39.5 Å². The first kappa shape index (κ1) is 18.4. The van der Waals surface area contributed by atoms with Crippen LogP contribution in [-0.4, -0.2) is 61.6 Å². The van der Waals surface area contributed by atoms with Crippen molar-refractivity contribution in [3.63, 3.8) is 0 Å². The van der Waals surface area contributed by atoms with E-state index in [-0.39, 0.29) is 6.10 Å². The number of carbonyl (C=O) groups is 1. The molecule has 0 aromatic rings. The fourth-order valence-electron chi connectivity index (χ4n) is 2.31. The van der Waals surface area contributed by atoms with Crippen molar-refractivity contribution in [1.29, 1.82) is 0 Å². The fourth-order valence-corrected chi connectivity index (χ4v) is 2.31. The van der Waals surface area contributed by atoms with Gasteiger partial charge in [-0.15, -0.1) is 0 Å². The number of rotatable bonds is 7. The minimum Gasteiger partial charge on any atom is -0.550 e. The molecule has 0 bridgehead atoms. The third-order valence-corrected chi connectivity index (χ3v) is 3.25. The second kappa shape index (κ2) is 10.2. The summed E-state index contributed by atoms with van der Waals surface area (Å²) in [5.74, 6) is -1.08. The van der Waals surface area contributed by atoms with Crippen LogP contribution in [0.5, 0.6) is 0 Å². The summed E-state index contributed by atoms with van der Waals surface area (Å²) in [6, 6.07) is 0. The highest BCUT2D eigenvalue weighted by Crippen LogP contribution is 2.16. The van der Waals surface area contributed by atoms with Crippen molar-refractivity contribution in [2.45, 2.75) is 45.6 Å². The Kier molecular flexibility index (Phi) is 9.83. The molecule has 1 saturated heterocycles. The number of aliphatic hydroxyl groups is 1. The third-order valence-electron chi connectivity index (χ3n) is 3.25. The van der Waals surface area contributed by atoms with Crippen molar-refractivity contribution in [1.82, 2.24) is 0 Å². The minimum absolute atomic E-state index is 0.287. The maximum atomic E-state index is 9.83. The molecule has 1 unspecified atom stereocenters. The maximum Gasteiger partial charge on any atom is 0.126 e. The molecule has 0 spiro atoms. The molecule has 1 heterocycles. The topological polar surface area (TPSA) is 69.6 Å². The Bertz CT molecular complexity index is 236. The van der Waals surface area contributed by atoms with E-state index in [1.54, 1.807) is 0 Å². The summed E-state index contributed by atoms with van der Waals surface area (Å²) in [6.45, 7) is 7.70. The number of unbranched alkanes of at least 4 members (excludes halogenated alkanes) is 1. The molecule has 19 heavy (non-hydrogen) atoms. The summed E-state index contributed by atoms with van der Waals surface area (Å²) in [4.78, 5) is 8.89. The monoisotopic (exact) mass is 275 g/mol. The molecule has 1 atom stereocenters. The molecular formula is C14H29NO4. The number of carboxylic acids is 1. The Hall–Kier alpha value is -0.650. The normalized spacial score (nSPS) is 18.5. The summed E-state index contributed by atoms with van der Waals surface area (Å²) < 4.78 is 6.46. The van der Waals surface area contributed by atoms with Crippen molar-refractivity contribution in [2.24, 2.45) is 0 Å². The first-order valence-corrected chi connectivity index (χ1v) is 7.16. The van der Waals surface area contributed by atoms with E-state index in [0.29, 0.717) is 6.61 Å². The van der Waals surface area contributed by atoms with Gasteiger partial charge in [0.2, 0.25) is 0 Å². The van der Waals surface area contributed by atoms with Gasteiger partial charge in [-0.1, -0.05) is 13.3 Å². The van der Waals surface area contributed by atoms with Gasteiger partial charge in [-0.3, -0.25) is 0 Å². The number of aliphatic carboxylic acids is 1. The van der Waals surface area contributed by atoms with Crippen LogP contribution in [0, 0.1) is 0 Å². The lowest BCUT2D eigenvalue weighted by Crippen LogP contribution is -2.47. The molecule has 0 saturated carbocycles. The summed E-state index contributed by atoms with van der Waals surface area (Å²) in [6.07, 6.45) is 4.58. The molecule has 5 heteroatoms. The summed E-state index contributed by atoms with van der Waals surface area (Å²) in [7, 11) is 2.24. The number of aliphatic hydroxyl groups excluding tert-OH is 1. The lowest BCUT2D eigenvalue weighted by molar-refractivity contribution is -0.900. The van der Waals surface area contributed by atoms with Crippen molar-refractivity contribution < 1.29 is 24.2 Å². The number of likely N-dealkylation sites (tertiary alicyclic amines) is 1. The molecule has 0 radical (unpaired) electrons. The largest absolute Gasteiger partial charge is 0.550 e. The number of quaternary nitrogens is 1. The summed E-state index contributed by atoms with van der Waals surface area (Å²) in [5.41, 5.74) is 0. The zero-order chi connectivity index (χ0) is 14.7. The van der Waals surface area contributed by atoms with Gasteiger partial charge in [0.05, 0.1) is 26.7 Å². The van der Waals surface area contributed by atoms with Crippen molar-refractivity contribution in [2.75, 3.05) is 39.9 Å². The van der Waals surface area contributed by atoms with Gasteiger partial charge in [0, 0.05) is 25.4 Å². The number of carboxylic acid groups (broad SMARTS) is 1. The Morgan fingerprint density at radius 1 is 1.42 bits per heavy atom. The second-order valence-corrected chi connectivity index (χ2v) is 5.53. The molecule has 0 amide bonds. The first-order valence-electron chi connectivity index (χ1n) is 7.16. The van der Waals surface area contributed by atoms with Gasteiger partial charge in [0.25, 0.3) is 0 Å². The highest BCUT2D eigenvalue weighted by molar-refractivity contribution is 5.60. The second-order valence-electron chi connectivity index (χ2n) is 5.53. The van der Waals surface area contributed by atoms with E-state index < -0.39 is 5.97 Å². The van der Waals surface area contributed by atoms with E-state index in [1.807, 2.05) is 0 Å². The average Bonchev–Trinajstić information content (AvgIpc) is 2.70. The van der Waals surface area contributed by atoms with E-state index in [9.17, 15) is 5.11 Å². The molecule has 1 aliphatic rings. The van der Waals surface area contributed by atoms with Crippen LogP contribution < -0.4 is 5.11 Å². The Labute approximate surface area is 116 Å². The molecule has 1 N–H and O–H groups in total. The molecule has 0 aromatic carbocycles. The van der Waals surface area contributed by atoms with Gasteiger partial charge >= 0.3 is 0 Å². The quantitative estimate of drug-likeness (QED) is 0.531.